The summed E-state index contributed by atoms with van der Waals surface area (Å²) < 4.78 is 27.3. The number of hydrogen-bond acceptors (Lipinski definition) is 6. The SMILES string of the molecule is COc1ccc(OC(=O)c2ccc3c(c2OC)C=CC(C)(C)O3)cc1OC. The van der Waals surface area contributed by atoms with Crippen LogP contribution in [0.1, 0.15) is 29.8 Å². The molecule has 142 valence electrons. The largest absolute Gasteiger partial charge is 0.495 e. The first-order chi connectivity index (χ1) is 12.9. The normalized spacial score (nSPS) is 14.0. The van der Waals surface area contributed by atoms with E-state index in [0.717, 1.165) is 0 Å². The molecule has 0 bridgehead atoms. The Balaban J connectivity index is 1.92. The van der Waals surface area contributed by atoms with Crippen LogP contribution in [0.25, 0.3) is 6.08 Å². The zero-order valence-corrected chi connectivity index (χ0v) is 16.0. The maximum atomic E-state index is 12.7. The van der Waals surface area contributed by atoms with Crippen molar-refractivity contribution in [2.24, 2.45) is 0 Å². The van der Waals surface area contributed by atoms with E-state index in [4.69, 9.17) is 23.7 Å². The van der Waals surface area contributed by atoms with Crippen LogP contribution in [0, 0.1) is 0 Å². The molecule has 0 amide bonds. The fourth-order valence-corrected chi connectivity index (χ4v) is 2.85. The van der Waals surface area contributed by atoms with E-state index in [1.807, 2.05) is 26.0 Å². The summed E-state index contributed by atoms with van der Waals surface area (Å²) in [4.78, 5) is 12.7. The van der Waals surface area contributed by atoms with Crippen molar-refractivity contribution in [3.05, 3.63) is 47.5 Å². The van der Waals surface area contributed by atoms with Gasteiger partial charge in [-0.15, -0.1) is 0 Å². The highest BCUT2D eigenvalue weighted by atomic mass is 16.5. The predicted molar refractivity (Wildman–Crippen MR) is 101 cm³/mol. The zero-order valence-electron chi connectivity index (χ0n) is 16.0. The van der Waals surface area contributed by atoms with Gasteiger partial charge in [0.15, 0.2) is 11.5 Å². The molecule has 0 fully saturated rings. The highest BCUT2D eigenvalue weighted by Crippen LogP contribution is 2.39. The number of fused-ring (bicyclic) bond motifs is 1. The minimum atomic E-state index is -0.542. The summed E-state index contributed by atoms with van der Waals surface area (Å²) in [5.74, 6) is 1.88. The van der Waals surface area contributed by atoms with E-state index in [0.29, 0.717) is 39.9 Å². The highest BCUT2D eigenvalue weighted by molar-refractivity contribution is 5.96. The summed E-state index contributed by atoms with van der Waals surface area (Å²) in [5.41, 5.74) is 0.595. The second-order valence-corrected chi connectivity index (χ2v) is 6.50. The Kier molecular flexibility index (Phi) is 4.99. The van der Waals surface area contributed by atoms with Gasteiger partial charge in [-0.2, -0.15) is 0 Å². The van der Waals surface area contributed by atoms with Crippen LogP contribution < -0.4 is 23.7 Å². The van der Waals surface area contributed by atoms with Gasteiger partial charge in [0.1, 0.15) is 28.4 Å². The molecule has 2 aromatic carbocycles. The molecule has 0 aromatic heterocycles. The fraction of sp³-hybridized carbons (Fsp3) is 0.286. The fourth-order valence-electron chi connectivity index (χ4n) is 2.85. The van der Waals surface area contributed by atoms with Gasteiger partial charge in [0.25, 0.3) is 0 Å². The topological polar surface area (TPSA) is 63.2 Å². The standard InChI is InChI=1S/C21H22O6/c1-21(2)11-10-14-16(27-21)9-7-15(19(14)25-5)20(22)26-13-6-8-17(23-3)18(12-13)24-4/h6-12H,1-5H3. The van der Waals surface area contributed by atoms with E-state index >= 15 is 0 Å². The van der Waals surface area contributed by atoms with Gasteiger partial charge in [-0.05, 0) is 50.3 Å². The van der Waals surface area contributed by atoms with Crippen molar-refractivity contribution in [1.82, 2.24) is 0 Å². The van der Waals surface area contributed by atoms with Gasteiger partial charge < -0.3 is 23.7 Å². The summed E-state index contributed by atoms with van der Waals surface area (Å²) in [5, 5.41) is 0. The third-order valence-corrected chi connectivity index (χ3v) is 4.17. The van der Waals surface area contributed by atoms with Gasteiger partial charge in [-0.25, -0.2) is 4.79 Å². The van der Waals surface area contributed by atoms with Gasteiger partial charge in [0.05, 0.1) is 26.9 Å². The third kappa shape index (κ3) is 3.69. The lowest BCUT2D eigenvalue weighted by Gasteiger charge is -2.29. The first kappa shape index (κ1) is 18.6. The molecule has 1 heterocycles. The monoisotopic (exact) mass is 370 g/mol. The van der Waals surface area contributed by atoms with Crippen molar-refractivity contribution < 1.29 is 28.5 Å². The maximum Gasteiger partial charge on any atom is 0.347 e. The number of carbonyl (C=O) groups excluding carboxylic acids is 1. The van der Waals surface area contributed by atoms with Crippen molar-refractivity contribution in [3.63, 3.8) is 0 Å². The van der Waals surface area contributed by atoms with Gasteiger partial charge in [-0.3, -0.25) is 0 Å². The van der Waals surface area contributed by atoms with Crippen molar-refractivity contribution in [3.8, 4) is 28.7 Å². The quantitative estimate of drug-likeness (QED) is 0.583. The maximum absolute atomic E-state index is 12.7. The summed E-state index contributed by atoms with van der Waals surface area (Å²) in [7, 11) is 4.57. The molecule has 0 radical (unpaired) electrons. The smallest absolute Gasteiger partial charge is 0.347 e. The molecule has 27 heavy (non-hydrogen) atoms. The number of hydrogen-bond donors (Lipinski definition) is 0. The van der Waals surface area contributed by atoms with E-state index in [2.05, 4.69) is 0 Å². The second kappa shape index (κ2) is 7.23. The van der Waals surface area contributed by atoms with Crippen LogP contribution in [0.2, 0.25) is 0 Å². The summed E-state index contributed by atoms with van der Waals surface area (Å²) in [6.07, 6.45) is 3.81. The molecule has 0 saturated carbocycles. The third-order valence-electron chi connectivity index (χ3n) is 4.17. The number of esters is 1. The van der Waals surface area contributed by atoms with Crippen molar-refractivity contribution >= 4 is 12.0 Å². The average molecular weight is 370 g/mol. The van der Waals surface area contributed by atoms with Gasteiger partial charge in [0, 0.05) is 6.07 Å². The Labute approximate surface area is 158 Å². The Hall–Kier alpha value is -3.15. The Morgan fingerprint density at radius 3 is 2.37 bits per heavy atom. The van der Waals surface area contributed by atoms with Crippen molar-refractivity contribution in [2.45, 2.75) is 19.4 Å². The summed E-state index contributed by atoms with van der Waals surface area (Å²) in [6.45, 7) is 3.91. The van der Waals surface area contributed by atoms with Crippen LogP contribution in [0.15, 0.2) is 36.4 Å². The molecule has 0 unspecified atom stereocenters. The lowest BCUT2D eigenvalue weighted by atomic mass is 9.99. The van der Waals surface area contributed by atoms with E-state index in [-0.39, 0.29) is 0 Å². The van der Waals surface area contributed by atoms with Crippen LogP contribution in [-0.2, 0) is 0 Å². The number of rotatable bonds is 5. The van der Waals surface area contributed by atoms with Crippen molar-refractivity contribution in [1.29, 1.82) is 0 Å². The lowest BCUT2D eigenvalue weighted by Crippen LogP contribution is -2.27. The van der Waals surface area contributed by atoms with E-state index < -0.39 is 11.6 Å². The van der Waals surface area contributed by atoms with E-state index in [9.17, 15) is 4.79 Å². The molecular weight excluding hydrogens is 348 g/mol. The lowest BCUT2D eigenvalue weighted by molar-refractivity contribution is 0.0730. The van der Waals surface area contributed by atoms with Crippen LogP contribution in [0.4, 0.5) is 0 Å². The Bertz CT molecular complexity index is 898. The molecule has 0 saturated heterocycles. The highest BCUT2D eigenvalue weighted by Gasteiger charge is 2.27. The minimum absolute atomic E-state index is 0.305. The Morgan fingerprint density at radius 1 is 0.963 bits per heavy atom. The van der Waals surface area contributed by atoms with Gasteiger partial charge in [0.2, 0.25) is 0 Å². The van der Waals surface area contributed by atoms with Crippen LogP contribution in [0.5, 0.6) is 28.7 Å². The van der Waals surface area contributed by atoms with E-state index in [1.54, 1.807) is 37.4 Å². The number of benzene rings is 2. The minimum Gasteiger partial charge on any atom is -0.495 e. The molecule has 0 aliphatic carbocycles. The molecule has 6 heteroatoms. The number of ether oxygens (including phenoxy) is 5. The van der Waals surface area contributed by atoms with Gasteiger partial charge in [-0.1, -0.05) is 0 Å². The molecule has 0 spiro atoms. The van der Waals surface area contributed by atoms with Crippen molar-refractivity contribution in [2.75, 3.05) is 21.3 Å². The van der Waals surface area contributed by atoms with Crippen LogP contribution in [-0.4, -0.2) is 32.9 Å². The molecular formula is C21H22O6. The summed E-state index contributed by atoms with van der Waals surface area (Å²) in [6, 6.07) is 8.28. The second-order valence-electron chi connectivity index (χ2n) is 6.50. The number of methoxy groups -OCH3 is 3. The van der Waals surface area contributed by atoms with Gasteiger partial charge >= 0.3 is 5.97 Å². The average Bonchev–Trinajstić information content (AvgIpc) is 2.65. The molecule has 6 nitrogen and oxygen atoms in total. The first-order valence-electron chi connectivity index (χ1n) is 8.42. The van der Waals surface area contributed by atoms with Crippen LogP contribution in [0.3, 0.4) is 0 Å². The van der Waals surface area contributed by atoms with E-state index in [1.165, 1.54) is 14.2 Å². The van der Waals surface area contributed by atoms with Crippen LogP contribution >= 0.6 is 0 Å². The zero-order chi connectivity index (χ0) is 19.6. The molecule has 1 aliphatic heterocycles. The molecule has 0 N–H and O–H groups in total. The molecule has 2 aromatic rings. The predicted octanol–water partition coefficient (Wildman–Crippen LogP) is 4.12. The molecule has 0 atom stereocenters. The Morgan fingerprint density at radius 2 is 1.70 bits per heavy atom. The number of carbonyl (C=O) groups is 1. The molecule has 1 aliphatic rings. The first-order valence-corrected chi connectivity index (χ1v) is 8.42. The summed E-state index contributed by atoms with van der Waals surface area (Å²) >= 11 is 0. The molecule has 3 rings (SSSR count).